The van der Waals surface area contributed by atoms with E-state index < -0.39 is 0 Å². The Hall–Kier alpha value is -1.25. The summed E-state index contributed by atoms with van der Waals surface area (Å²) in [5.41, 5.74) is 1.07. The van der Waals surface area contributed by atoms with Gasteiger partial charge in [-0.15, -0.1) is 0 Å². The largest absolute Gasteiger partial charge is 0.367 e. The maximum Gasteiger partial charge on any atom is 0.255 e. The highest BCUT2D eigenvalue weighted by molar-refractivity contribution is 5.94. The van der Waals surface area contributed by atoms with Crippen LogP contribution in [0, 0.1) is 5.41 Å². The lowest BCUT2D eigenvalue weighted by atomic mass is 9.84. The number of nitrogens with zero attached hydrogens (tertiary/aromatic N) is 1. The van der Waals surface area contributed by atoms with E-state index in [1.165, 1.54) is 0 Å². The lowest BCUT2D eigenvalue weighted by Crippen LogP contribution is -2.55. The van der Waals surface area contributed by atoms with E-state index >= 15 is 0 Å². The summed E-state index contributed by atoms with van der Waals surface area (Å²) in [7, 11) is 0. The number of rotatable bonds is 1. The molecule has 2 heterocycles. The Labute approximate surface area is 77.7 Å². The molecule has 0 saturated carbocycles. The molecule has 0 radical (unpaired) electrons. The maximum absolute atomic E-state index is 11.7. The molecule has 1 N–H and O–H groups in total. The third-order valence-electron chi connectivity index (χ3n) is 2.37. The fourth-order valence-corrected chi connectivity index (χ4v) is 1.77. The zero-order valence-electron chi connectivity index (χ0n) is 8.00. The fraction of sp³-hybridized carbons (Fsp3) is 0.500. The maximum atomic E-state index is 11.7. The van der Waals surface area contributed by atoms with Crippen LogP contribution in [0.3, 0.4) is 0 Å². The second-order valence-electron chi connectivity index (χ2n) is 4.43. The molecule has 1 aromatic heterocycles. The predicted molar refractivity (Wildman–Crippen MR) is 50.5 cm³/mol. The summed E-state index contributed by atoms with van der Waals surface area (Å²) >= 11 is 0. The van der Waals surface area contributed by atoms with Gasteiger partial charge < -0.3 is 9.88 Å². The normalized spacial score (nSPS) is 19.7. The van der Waals surface area contributed by atoms with Gasteiger partial charge in [-0.2, -0.15) is 0 Å². The number of hydrogen-bond donors (Lipinski definition) is 1. The average Bonchev–Trinajstić information content (AvgIpc) is 2.50. The number of likely N-dealkylation sites (tertiary alicyclic amines) is 1. The molecule has 1 amide bonds. The third-order valence-corrected chi connectivity index (χ3v) is 2.37. The van der Waals surface area contributed by atoms with E-state index in [0.29, 0.717) is 5.41 Å². The molecule has 13 heavy (non-hydrogen) atoms. The molecule has 0 aliphatic carbocycles. The minimum absolute atomic E-state index is 0.139. The zero-order valence-corrected chi connectivity index (χ0v) is 8.00. The number of aromatic amines is 1. The quantitative estimate of drug-likeness (QED) is 0.695. The van der Waals surface area contributed by atoms with Crippen LogP contribution in [0.25, 0.3) is 0 Å². The monoisotopic (exact) mass is 178 g/mol. The molecule has 0 bridgehead atoms. The first-order valence-corrected chi connectivity index (χ1v) is 4.51. The van der Waals surface area contributed by atoms with Gasteiger partial charge in [0.05, 0.1) is 5.56 Å². The van der Waals surface area contributed by atoms with Crippen LogP contribution in [0.4, 0.5) is 0 Å². The van der Waals surface area contributed by atoms with Gasteiger partial charge in [-0.3, -0.25) is 4.79 Å². The smallest absolute Gasteiger partial charge is 0.255 e. The zero-order chi connectivity index (χ0) is 9.47. The minimum atomic E-state index is 0.139. The number of amides is 1. The Kier molecular flexibility index (Phi) is 1.68. The van der Waals surface area contributed by atoms with E-state index in [4.69, 9.17) is 0 Å². The van der Waals surface area contributed by atoms with E-state index in [9.17, 15) is 4.79 Å². The summed E-state index contributed by atoms with van der Waals surface area (Å²) in [6, 6.07) is 1.81. The molecule has 0 atom stereocenters. The third kappa shape index (κ3) is 1.46. The lowest BCUT2D eigenvalue weighted by Gasteiger charge is -2.45. The van der Waals surface area contributed by atoms with E-state index in [1.807, 2.05) is 11.0 Å². The molecule has 1 fully saturated rings. The van der Waals surface area contributed by atoms with Crippen LogP contribution >= 0.6 is 0 Å². The first kappa shape index (κ1) is 8.35. The molecule has 1 aliphatic rings. The number of carbonyl (C=O) groups is 1. The van der Waals surface area contributed by atoms with E-state index in [1.54, 1.807) is 12.4 Å². The highest BCUT2D eigenvalue weighted by atomic mass is 16.2. The SMILES string of the molecule is CC1(C)CN(C(=O)c2cc[nH]c2)C1. The molecular formula is C10H14N2O. The second kappa shape index (κ2) is 2.62. The van der Waals surface area contributed by atoms with Gasteiger partial charge in [0.15, 0.2) is 0 Å². The van der Waals surface area contributed by atoms with Crippen molar-refractivity contribution in [2.75, 3.05) is 13.1 Å². The Morgan fingerprint density at radius 1 is 1.54 bits per heavy atom. The van der Waals surface area contributed by atoms with Crippen LogP contribution in [0.15, 0.2) is 18.5 Å². The van der Waals surface area contributed by atoms with Gasteiger partial charge >= 0.3 is 0 Å². The number of nitrogens with one attached hydrogen (secondary N) is 1. The van der Waals surface area contributed by atoms with Gasteiger partial charge in [-0.1, -0.05) is 13.8 Å². The van der Waals surface area contributed by atoms with E-state index in [-0.39, 0.29) is 5.91 Å². The first-order chi connectivity index (χ1) is 6.08. The Bertz CT molecular complexity index is 306. The Balaban J connectivity index is 2.02. The molecule has 0 spiro atoms. The predicted octanol–water partition coefficient (Wildman–Crippen LogP) is 1.50. The fourth-order valence-electron chi connectivity index (χ4n) is 1.77. The van der Waals surface area contributed by atoms with Crippen molar-refractivity contribution < 1.29 is 4.79 Å². The van der Waals surface area contributed by atoms with Gasteiger partial charge in [0.1, 0.15) is 0 Å². The summed E-state index contributed by atoms with van der Waals surface area (Å²) in [4.78, 5) is 16.4. The van der Waals surface area contributed by atoms with Crippen LogP contribution in [0.2, 0.25) is 0 Å². The van der Waals surface area contributed by atoms with Gasteiger partial charge in [0.25, 0.3) is 5.91 Å². The van der Waals surface area contributed by atoms with Crippen molar-refractivity contribution in [3.8, 4) is 0 Å². The molecule has 0 aromatic carbocycles. The van der Waals surface area contributed by atoms with Crippen LogP contribution in [0.5, 0.6) is 0 Å². The van der Waals surface area contributed by atoms with Crippen molar-refractivity contribution in [3.63, 3.8) is 0 Å². The minimum Gasteiger partial charge on any atom is -0.367 e. The molecular weight excluding hydrogens is 164 g/mol. The molecule has 3 nitrogen and oxygen atoms in total. The number of H-pyrrole nitrogens is 1. The molecule has 1 saturated heterocycles. The second-order valence-corrected chi connectivity index (χ2v) is 4.43. The van der Waals surface area contributed by atoms with Crippen LogP contribution in [-0.4, -0.2) is 28.9 Å². The van der Waals surface area contributed by atoms with E-state index in [2.05, 4.69) is 18.8 Å². The summed E-state index contributed by atoms with van der Waals surface area (Å²) in [5.74, 6) is 0.139. The highest BCUT2D eigenvalue weighted by Crippen LogP contribution is 2.29. The Morgan fingerprint density at radius 3 is 2.69 bits per heavy atom. The summed E-state index contributed by atoms with van der Waals surface area (Å²) in [6.45, 7) is 6.09. The van der Waals surface area contributed by atoms with Crippen molar-refractivity contribution in [1.29, 1.82) is 0 Å². The molecule has 2 rings (SSSR count). The van der Waals surface area contributed by atoms with Gasteiger partial charge in [-0.25, -0.2) is 0 Å². The standard InChI is InChI=1S/C10H14N2O/c1-10(2)6-12(7-10)9(13)8-3-4-11-5-8/h3-5,11H,6-7H2,1-2H3. The average molecular weight is 178 g/mol. The van der Waals surface area contributed by atoms with Gasteiger partial charge in [0.2, 0.25) is 0 Å². The Morgan fingerprint density at radius 2 is 2.23 bits per heavy atom. The van der Waals surface area contributed by atoms with Crippen molar-refractivity contribution in [1.82, 2.24) is 9.88 Å². The van der Waals surface area contributed by atoms with Gasteiger partial charge in [-0.05, 0) is 11.5 Å². The van der Waals surface area contributed by atoms with Crippen LogP contribution in [0.1, 0.15) is 24.2 Å². The van der Waals surface area contributed by atoms with Crippen molar-refractivity contribution >= 4 is 5.91 Å². The molecule has 70 valence electrons. The molecule has 1 aromatic rings. The lowest BCUT2D eigenvalue weighted by molar-refractivity contribution is 0.0236. The molecule has 1 aliphatic heterocycles. The van der Waals surface area contributed by atoms with Crippen molar-refractivity contribution in [2.24, 2.45) is 5.41 Å². The first-order valence-electron chi connectivity index (χ1n) is 4.51. The molecule has 0 unspecified atom stereocenters. The number of hydrogen-bond acceptors (Lipinski definition) is 1. The van der Waals surface area contributed by atoms with Crippen LogP contribution < -0.4 is 0 Å². The summed E-state index contributed by atoms with van der Waals surface area (Å²) < 4.78 is 0. The van der Waals surface area contributed by atoms with E-state index in [0.717, 1.165) is 18.7 Å². The summed E-state index contributed by atoms with van der Waals surface area (Å²) in [5, 5.41) is 0. The molecule has 3 heteroatoms. The van der Waals surface area contributed by atoms with Crippen molar-refractivity contribution in [2.45, 2.75) is 13.8 Å². The van der Waals surface area contributed by atoms with Gasteiger partial charge in [0, 0.05) is 25.5 Å². The van der Waals surface area contributed by atoms with Crippen molar-refractivity contribution in [3.05, 3.63) is 24.0 Å². The number of aromatic nitrogens is 1. The highest BCUT2D eigenvalue weighted by Gasteiger charge is 2.37. The summed E-state index contributed by atoms with van der Waals surface area (Å²) in [6.07, 6.45) is 3.52. The van der Waals surface area contributed by atoms with Crippen LogP contribution in [-0.2, 0) is 0 Å². The number of carbonyl (C=O) groups excluding carboxylic acids is 1. The topological polar surface area (TPSA) is 36.1 Å².